The fourth-order valence-electron chi connectivity index (χ4n) is 1.71. The maximum absolute atomic E-state index is 5.30. The summed E-state index contributed by atoms with van der Waals surface area (Å²) < 4.78 is 7.17. The van der Waals surface area contributed by atoms with Gasteiger partial charge in [-0.15, -0.1) is 5.10 Å². The second-order valence-corrected chi connectivity index (χ2v) is 3.59. The van der Waals surface area contributed by atoms with Crippen molar-refractivity contribution >= 4 is 0 Å². The van der Waals surface area contributed by atoms with Gasteiger partial charge in [-0.2, -0.15) is 5.10 Å². The molecule has 78 valence electrons. The second kappa shape index (κ2) is 3.47. The summed E-state index contributed by atoms with van der Waals surface area (Å²) in [6.07, 6.45) is 6.48. The molecule has 3 heterocycles. The number of aromatic nitrogens is 5. The van der Waals surface area contributed by atoms with Crippen molar-refractivity contribution in [2.45, 2.75) is 12.5 Å². The first kappa shape index (κ1) is 8.60. The highest BCUT2D eigenvalue weighted by Gasteiger charge is 2.19. The van der Waals surface area contributed by atoms with Crippen LogP contribution in [0.1, 0.15) is 12.5 Å². The lowest BCUT2D eigenvalue weighted by Crippen LogP contribution is -2.08. The summed E-state index contributed by atoms with van der Waals surface area (Å²) >= 11 is 0. The van der Waals surface area contributed by atoms with Crippen molar-refractivity contribution in [1.82, 2.24) is 25.2 Å². The van der Waals surface area contributed by atoms with E-state index in [4.69, 9.17) is 4.74 Å². The highest BCUT2D eigenvalue weighted by atomic mass is 16.5. The lowest BCUT2D eigenvalue weighted by atomic mass is 10.2. The van der Waals surface area contributed by atoms with Gasteiger partial charge in [0, 0.05) is 18.4 Å². The van der Waals surface area contributed by atoms with Crippen LogP contribution in [0.5, 0.6) is 0 Å². The maximum Gasteiger partial charge on any atom is 0.116 e. The van der Waals surface area contributed by atoms with Gasteiger partial charge in [0.1, 0.15) is 5.69 Å². The molecule has 1 aliphatic rings. The molecule has 0 bridgehead atoms. The first-order chi connectivity index (χ1) is 7.43. The zero-order valence-electron chi connectivity index (χ0n) is 8.13. The van der Waals surface area contributed by atoms with Crippen LogP contribution >= 0.6 is 0 Å². The normalized spacial score (nSPS) is 20.9. The summed E-state index contributed by atoms with van der Waals surface area (Å²) in [5.41, 5.74) is 1.80. The molecule has 6 nitrogen and oxygen atoms in total. The molecule has 2 aromatic rings. The molecule has 1 aliphatic heterocycles. The highest BCUT2D eigenvalue weighted by molar-refractivity contribution is 5.54. The zero-order chi connectivity index (χ0) is 10.1. The number of ether oxygens (including phenoxy) is 1. The van der Waals surface area contributed by atoms with Crippen LogP contribution in [0.25, 0.3) is 11.3 Å². The van der Waals surface area contributed by atoms with Crippen LogP contribution in [0.4, 0.5) is 0 Å². The van der Waals surface area contributed by atoms with Gasteiger partial charge in [0.05, 0.1) is 25.0 Å². The molecule has 0 aromatic carbocycles. The van der Waals surface area contributed by atoms with Gasteiger partial charge in [0.15, 0.2) is 0 Å². The van der Waals surface area contributed by atoms with E-state index in [1.54, 1.807) is 12.4 Å². The van der Waals surface area contributed by atoms with E-state index in [9.17, 15) is 0 Å². The molecule has 0 aliphatic carbocycles. The monoisotopic (exact) mass is 205 g/mol. The first-order valence-corrected chi connectivity index (χ1v) is 4.92. The van der Waals surface area contributed by atoms with Crippen LogP contribution < -0.4 is 0 Å². The van der Waals surface area contributed by atoms with Crippen LogP contribution in [0.3, 0.4) is 0 Å². The second-order valence-electron chi connectivity index (χ2n) is 3.59. The highest BCUT2D eigenvalue weighted by Crippen LogP contribution is 2.20. The predicted molar refractivity (Wildman–Crippen MR) is 52.1 cm³/mol. The summed E-state index contributed by atoms with van der Waals surface area (Å²) in [6, 6.07) is 0.332. The minimum Gasteiger partial charge on any atom is -0.379 e. The Labute approximate surface area is 86.2 Å². The number of H-pyrrole nitrogens is 1. The average molecular weight is 205 g/mol. The molecule has 1 N–H and O–H groups in total. The fraction of sp³-hybridized carbons (Fsp3) is 0.444. The number of hydrogen-bond acceptors (Lipinski definition) is 4. The molecular weight excluding hydrogens is 194 g/mol. The van der Waals surface area contributed by atoms with Crippen molar-refractivity contribution in [3.05, 3.63) is 18.6 Å². The minimum absolute atomic E-state index is 0.332. The topological polar surface area (TPSA) is 68.6 Å². The first-order valence-electron chi connectivity index (χ1n) is 4.92. The standard InChI is InChI=1S/C9H11N5O/c1-2-15-6-8(1)14-5-9(12-13-14)7-3-10-11-4-7/h3-5,8H,1-2,6H2,(H,10,11)/t8-/m0/s1. The Morgan fingerprint density at radius 1 is 1.53 bits per heavy atom. The van der Waals surface area contributed by atoms with E-state index in [0.29, 0.717) is 6.04 Å². The molecule has 15 heavy (non-hydrogen) atoms. The average Bonchev–Trinajstić information content (AvgIpc) is 3.02. The number of hydrogen-bond donors (Lipinski definition) is 1. The van der Waals surface area contributed by atoms with Gasteiger partial charge in [-0.1, -0.05) is 5.21 Å². The lowest BCUT2D eigenvalue weighted by molar-refractivity contribution is 0.184. The number of nitrogens with zero attached hydrogens (tertiary/aromatic N) is 4. The molecule has 0 saturated carbocycles. The minimum atomic E-state index is 0.332. The van der Waals surface area contributed by atoms with Crippen molar-refractivity contribution in [1.29, 1.82) is 0 Å². The van der Waals surface area contributed by atoms with E-state index >= 15 is 0 Å². The third kappa shape index (κ3) is 1.52. The lowest BCUT2D eigenvalue weighted by Gasteiger charge is -2.04. The van der Waals surface area contributed by atoms with Gasteiger partial charge >= 0.3 is 0 Å². The van der Waals surface area contributed by atoms with Gasteiger partial charge in [0.2, 0.25) is 0 Å². The van der Waals surface area contributed by atoms with Crippen molar-refractivity contribution in [3.8, 4) is 11.3 Å². The van der Waals surface area contributed by atoms with E-state index in [1.807, 2.05) is 10.9 Å². The van der Waals surface area contributed by atoms with E-state index in [2.05, 4.69) is 20.5 Å². The van der Waals surface area contributed by atoms with Gasteiger partial charge in [-0.25, -0.2) is 4.68 Å². The molecule has 0 amide bonds. The Bertz CT molecular complexity index is 429. The van der Waals surface area contributed by atoms with Crippen LogP contribution in [-0.2, 0) is 4.74 Å². The smallest absolute Gasteiger partial charge is 0.116 e. The molecule has 3 rings (SSSR count). The molecular formula is C9H11N5O. The predicted octanol–water partition coefficient (Wildman–Crippen LogP) is 0.630. The summed E-state index contributed by atoms with van der Waals surface area (Å²) in [6.45, 7) is 1.54. The molecule has 1 saturated heterocycles. The molecule has 2 aromatic heterocycles. The Morgan fingerprint density at radius 3 is 3.27 bits per heavy atom. The summed E-state index contributed by atoms with van der Waals surface area (Å²) in [5, 5.41) is 14.8. The molecule has 6 heteroatoms. The molecule has 0 radical (unpaired) electrons. The summed E-state index contributed by atoms with van der Waals surface area (Å²) in [7, 11) is 0. The van der Waals surface area contributed by atoms with Crippen LogP contribution in [0, 0.1) is 0 Å². The van der Waals surface area contributed by atoms with Crippen molar-refractivity contribution in [2.75, 3.05) is 13.2 Å². The van der Waals surface area contributed by atoms with E-state index in [-0.39, 0.29) is 0 Å². The largest absolute Gasteiger partial charge is 0.379 e. The molecule has 0 unspecified atom stereocenters. The van der Waals surface area contributed by atoms with Crippen molar-refractivity contribution in [3.63, 3.8) is 0 Å². The quantitative estimate of drug-likeness (QED) is 0.780. The summed E-state index contributed by atoms with van der Waals surface area (Å²) in [4.78, 5) is 0. The number of aromatic amines is 1. The van der Waals surface area contributed by atoms with Crippen molar-refractivity contribution < 1.29 is 4.74 Å². The van der Waals surface area contributed by atoms with Crippen molar-refractivity contribution in [2.24, 2.45) is 0 Å². The van der Waals surface area contributed by atoms with Gasteiger partial charge in [0.25, 0.3) is 0 Å². The third-order valence-corrected chi connectivity index (χ3v) is 2.58. The fourth-order valence-corrected chi connectivity index (χ4v) is 1.71. The van der Waals surface area contributed by atoms with Gasteiger partial charge in [-0.3, -0.25) is 5.10 Å². The van der Waals surface area contributed by atoms with Crippen LogP contribution in [0.15, 0.2) is 18.6 Å². The summed E-state index contributed by atoms with van der Waals surface area (Å²) in [5.74, 6) is 0. The van der Waals surface area contributed by atoms with Gasteiger partial charge < -0.3 is 4.74 Å². The number of nitrogens with one attached hydrogen (secondary N) is 1. The number of rotatable bonds is 2. The Morgan fingerprint density at radius 2 is 2.53 bits per heavy atom. The SMILES string of the molecule is c1n[nH]cc1-c1cn([C@H]2CCOC2)nn1. The van der Waals surface area contributed by atoms with E-state index < -0.39 is 0 Å². The molecule has 1 fully saturated rings. The maximum atomic E-state index is 5.30. The third-order valence-electron chi connectivity index (χ3n) is 2.58. The van der Waals surface area contributed by atoms with Crippen LogP contribution in [0.2, 0.25) is 0 Å². The van der Waals surface area contributed by atoms with Gasteiger partial charge in [-0.05, 0) is 6.42 Å². The Hall–Kier alpha value is -1.69. The van der Waals surface area contributed by atoms with Crippen LogP contribution in [-0.4, -0.2) is 38.4 Å². The Kier molecular flexibility index (Phi) is 1.99. The van der Waals surface area contributed by atoms with E-state index in [1.165, 1.54) is 0 Å². The molecule has 0 spiro atoms. The zero-order valence-corrected chi connectivity index (χ0v) is 8.13. The van der Waals surface area contributed by atoms with E-state index in [0.717, 1.165) is 30.9 Å². The Balaban J connectivity index is 1.87. The molecule has 1 atom stereocenters.